The van der Waals surface area contributed by atoms with E-state index in [1.807, 2.05) is 30.3 Å². The summed E-state index contributed by atoms with van der Waals surface area (Å²) in [6.07, 6.45) is 1.79. The van der Waals surface area contributed by atoms with Crippen LogP contribution in [0.1, 0.15) is 29.9 Å². The van der Waals surface area contributed by atoms with E-state index in [1.165, 1.54) is 5.56 Å². The van der Waals surface area contributed by atoms with Crippen molar-refractivity contribution < 1.29 is 9.47 Å². The summed E-state index contributed by atoms with van der Waals surface area (Å²) in [4.78, 5) is 21.0. The van der Waals surface area contributed by atoms with Gasteiger partial charge in [0.2, 0.25) is 0 Å². The molecule has 1 atom stereocenters. The third kappa shape index (κ3) is 4.52. The van der Waals surface area contributed by atoms with Crippen LogP contribution in [-0.4, -0.2) is 28.5 Å². The highest BCUT2D eigenvalue weighted by molar-refractivity contribution is 7.99. The number of ether oxygens (including phenoxy) is 2. The maximum atomic E-state index is 14.0. The topological polar surface area (TPSA) is 53.4 Å². The highest BCUT2D eigenvalue weighted by Gasteiger charge is 2.28. The zero-order valence-electron chi connectivity index (χ0n) is 19.6. The lowest BCUT2D eigenvalue weighted by Crippen LogP contribution is -2.28. The Hall–Kier alpha value is -2.61. The van der Waals surface area contributed by atoms with Gasteiger partial charge in [-0.25, -0.2) is 4.98 Å². The number of methoxy groups -OCH3 is 1. The molecule has 0 saturated carbocycles. The summed E-state index contributed by atoms with van der Waals surface area (Å²) in [6.45, 7) is 4.89. The van der Waals surface area contributed by atoms with Crippen molar-refractivity contribution in [3.8, 4) is 11.4 Å². The lowest BCUT2D eigenvalue weighted by atomic mass is 9.96. The highest BCUT2D eigenvalue weighted by atomic mass is 32.2. The molecule has 2 aromatic heterocycles. The molecule has 0 saturated heterocycles. The Morgan fingerprint density at radius 3 is 2.65 bits per heavy atom. The summed E-state index contributed by atoms with van der Waals surface area (Å²) >= 11 is 3.22. The van der Waals surface area contributed by atoms with E-state index in [0.717, 1.165) is 55.8 Å². The molecular weight excluding hydrogens is 464 g/mol. The molecule has 4 aromatic rings. The average Bonchev–Trinajstić information content (AvgIpc) is 3.23. The molecule has 0 N–H and O–H groups in total. The van der Waals surface area contributed by atoms with E-state index in [0.29, 0.717) is 12.5 Å². The maximum Gasteiger partial charge on any atom is 0.267 e. The van der Waals surface area contributed by atoms with E-state index in [-0.39, 0.29) is 11.7 Å². The van der Waals surface area contributed by atoms with Crippen LogP contribution in [0.4, 0.5) is 0 Å². The van der Waals surface area contributed by atoms with Crippen LogP contribution in [0.2, 0.25) is 0 Å². The van der Waals surface area contributed by atoms with Gasteiger partial charge >= 0.3 is 0 Å². The molecule has 0 spiro atoms. The molecule has 1 aliphatic heterocycles. The van der Waals surface area contributed by atoms with Crippen molar-refractivity contribution in [3.63, 3.8) is 0 Å². The zero-order chi connectivity index (χ0) is 23.7. The second kappa shape index (κ2) is 9.94. The summed E-state index contributed by atoms with van der Waals surface area (Å²) in [5.74, 6) is 1.99. The van der Waals surface area contributed by atoms with Crippen molar-refractivity contribution >= 4 is 33.3 Å². The van der Waals surface area contributed by atoms with Crippen LogP contribution in [-0.2, 0) is 24.2 Å². The Labute approximate surface area is 207 Å². The SMILES string of the molecule is COc1ccc(-n2c(SCCc3ccccc3)nc3sc4c(c3c2=O)C[C@@H](C(C)C)OC4)cc1. The smallest absolute Gasteiger partial charge is 0.267 e. The van der Waals surface area contributed by atoms with E-state index in [2.05, 4.69) is 38.1 Å². The number of thiophene rings is 1. The van der Waals surface area contributed by atoms with Crippen LogP contribution in [0.3, 0.4) is 0 Å². The van der Waals surface area contributed by atoms with Crippen molar-refractivity contribution in [1.29, 1.82) is 0 Å². The Morgan fingerprint density at radius 1 is 1.18 bits per heavy atom. The third-order valence-corrected chi connectivity index (χ3v) is 8.29. The molecule has 3 heterocycles. The van der Waals surface area contributed by atoms with Crippen molar-refractivity contribution in [2.24, 2.45) is 5.92 Å². The van der Waals surface area contributed by atoms with Crippen molar-refractivity contribution in [2.75, 3.05) is 12.9 Å². The minimum absolute atomic E-state index is 0.000663. The van der Waals surface area contributed by atoms with Crippen LogP contribution >= 0.6 is 23.1 Å². The van der Waals surface area contributed by atoms with Gasteiger partial charge in [-0.1, -0.05) is 55.9 Å². The van der Waals surface area contributed by atoms with E-state index in [1.54, 1.807) is 34.8 Å². The number of aryl methyl sites for hydroxylation is 1. The van der Waals surface area contributed by atoms with Gasteiger partial charge in [-0.05, 0) is 47.7 Å². The van der Waals surface area contributed by atoms with Gasteiger partial charge in [0.15, 0.2) is 5.16 Å². The van der Waals surface area contributed by atoms with E-state index in [9.17, 15) is 4.79 Å². The Bertz CT molecular complexity index is 1340. The predicted octanol–water partition coefficient (Wildman–Crippen LogP) is 5.89. The van der Waals surface area contributed by atoms with Gasteiger partial charge in [0.05, 0.1) is 30.9 Å². The number of rotatable bonds is 7. The molecule has 176 valence electrons. The molecule has 0 unspecified atom stereocenters. The zero-order valence-corrected chi connectivity index (χ0v) is 21.2. The standard InChI is InChI=1S/C27H28N2O3S2/c1-17(2)22-15-21-23(16-32-22)34-25-24(21)26(30)29(19-9-11-20(31-3)12-10-19)27(28-25)33-14-13-18-7-5-4-6-8-18/h4-12,17,22H,13-16H2,1-3H3/t22-/m0/s1. The van der Waals surface area contributed by atoms with Gasteiger partial charge in [0.25, 0.3) is 5.56 Å². The molecule has 34 heavy (non-hydrogen) atoms. The molecule has 7 heteroatoms. The molecular formula is C27H28N2O3S2. The number of thioether (sulfide) groups is 1. The number of hydrogen-bond donors (Lipinski definition) is 0. The minimum atomic E-state index is -0.000663. The number of benzene rings is 2. The number of nitrogens with zero attached hydrogens (tertiary/aromatic N) is 2. The first-order chi connectivity index (χ1) is 16.5. The molecule has 0 aliphatic carbocycles. The first-order valence-electron chi connectivity index (χ1n) is 11.5. The van der Waals surface area contributed by atoms with Gasteiger partial charge in [-0.3, -0.25) is 9.36 Å². The molecule has 0 bridgehead atoms. The van der Waals surface area contributed by atoms with Crippen molar-refractivity contribution in [2.45, 2.75) is 44.6 Å². The van der Waals surface area contributed by atoms with Crippen LogP contribution in [0.15, 0.2) is 64.5 Å². The normalized spacial score (nSPS) is 15.6. The first kappa shape index (κ1) is 23.1. The van der Waals surface area contributed by atoms with Crippen molar-refractivity contribution in [3.05, 3.63) is 81.0 Å². The molecule has 0 amide bonds. The van der Waals surface area contributed by atoms with Gasteiger partial charge in [-0.2, -0.15) is 0 Å². The second-order valence-corrected chi connectivity index (χ2v) is 10.9. The van der Waals surface area contributed by atoms with Gasteiger partial charge in [0.1, 0.15) is 10.6 Å². The summed E-state index contributed by atoms with van der Waals surface area (Å²) in [7, 11) is 1.64. The summed E-state index contributed by atoms with van der Waals surface area (Å²) in [5.41, 5.74) is 3.19. The molecule has 1 aliphatic rings. The van der Waals surface area contributed by atoms with Crippen LogP contribution in [0, 0.1) is 5.92 Å². The van der Waals surface area contributed by atoms with E-state index in [4.69, 9.17) is 14.5 Å². The summed E-state index contributed by atoms with van der Waals surface area (Å²) in [6, 6.07) is 18.0. The van der Waals surface area contributed by atoms with Gasteiger partial charge in [-0.15, -0.1) is 11.3 Å². The monoisotopic (exact) mass is 492 g/mol. The number of aromatic nitrogens is 2. The van der Waals surface area contributed by atoms with E-state index >= 15 is 0 Å². The van der Waals surface area contributed by atoms with Gasteiger partial charge < -0.3 is 9.47 Å². The maximum absolute atomic E-state index is 14.0. The number of hydrogen-bond acceptors (Lipinski definition) is 6. The van der Waals surface area contributed by atoms with Crippen LogP contribution in [0.5, 0.6) is 5.75 Å². The highest BCUT2D eigenvalue weighted by Crippen LogP contribution is 2.36. The Balaban J connectivity index is 1.58. The molecule has 5 nitrogen and oxygen atoms in total. The molecule has 2 aromatic carbocycles. The molecule has 0 fully saturated rings. The predicted molar refractivity (Wildman–Crippen MR) is 140 cm³/mol. The lowest BCUT2D eigenvalue weighted by molar-refractivity contribution is 0.00200. The Kier molecular flexibility index (Phi) is 6.77. The molecule has 0 radical (unpaired) electrons. The quantitative estimate of drug-likeness (QED) is 0.238. The summed E-state index contributed by atoms with van der Waals surface area (Å²) < 4.78 is 13.2. The van der Waals surface area contributed by atoms with Gasteiger partial charge in [0, 0.05) is 17.1 Å². The van der Waals surface area contributed by atoms with Crippen LogP contribution < -0.4 is 10.3 Å². The fraction of sp³-hybridized carbons (Fsp3) is 0.333. The van der Waals surface area contributed by atoms with Crippen LogP contribution in [0.25, 0.3) is 15.9 Å². The fourth-order valence-corrected chi connectivity index (χ4v) is 6.46. The second-order valence-electron chi connectivity index (χ2n) is 8.80. The first-order valence-corrected chi connectivity index (χ1v) is 13.4. The summed E-state index contributed by atoms with van der Waals surface area (Å²) in [5, 5.41) is 1.47. The molecule has 5 rings (SSSR count). The van der Waals surface area contributed by atoms with Crippen molar-refractivity contribution in [1.82, 2.24) is 9.55 Å². The average molecular weight is 493 g/mol. The lowest BCUT2D eigenvalue weighted by Gasteiger charge is -2.26. The number of fused-ring (bicyclic) bond motifs is 3. The fourth-order valence-electron chi connectivity index (χ4n) is 4.30. The Morgan fingerprint density at radius 2 is 1.94 bits per heavy atom. The minimum Gasteiger partial charge on any atom is -0.497 e. The largest absolute Gasteiger partial charge is 0.497 e. The third-order valence-electron chi connectivity index (χ3n) is 6.25. The van der Waals surface area contributed by atoms with E-state index < -0.39 is 0 Å².